The second-order valence-electron chi connectivity index (χ2n) is 7.04. The SMILES string of the molecule is CCCCCNC(=O)C1CCN(C(=O)c2cc(=O)c3ccccc3o2)CC1. The molecule has 27 heavy (non-hydrogen) atoms. The van der Waals surface area contributed by atoms with Crippen LogP contribution < -0.4 is 10.7 Å². The van der Waals surface area contributed by atoms with Gasteiger partial charge in [-0.2, -0.15) is 0 Å². The first-order valence-corrected chi connectivity index (χ1v) is 9.70. The molecule has 144 valence electrons. The number of unbranched alkanes of at least 4 members (excludes halogenated alkanes) is 2. The van der Waals surface area contributed by atoms with E-state index in [2.05, 4.69) is 12.2 Å². The Labute approximate surface area is 158 Å². The Bertz CT molecular complexity index is 866. The normalized spacial score (nSPS) is 15.1. The highest BCUT2D eigenvalue weighted by atomic mass is 16.3. The molecule has 3 rings (SSSR count). The highest BCUT2D eigenvalue weighted by Crippen LogP contribution is 2.20. The fourth-order valence-electron chi connectivity index (χ4n) is 3.44. The number of nitrogens with zero attached hydrogens (tertiary/aromatic N) is 1. The van der Waals surface area contributed by atoms with E-state index >= 15 is 0 Å². The first-order valence-electron chi connectivity index (χ1n) is 9.70. The summed E-state index contributed by atoms with van der Waals surface area (Å²) in [5.41, 5.74) is 0.191. The van der Waals surface area contributed by atoms with Gasteiger partial charge < -0.3 is 14.6 Å². The smallest absolute Gasteiger partial charge is 0.289 e. The average molecular weight is 370 g/mol. The van der Waals surface area contributed by atoms with E-state index in [1.807, 2.05) is 0 Å². The standard InChI is InChI=1S/C21H26N2O4/c1-2-3-6-11-22-20(25)15-9-12-23(13-10-15)21(26)19-14-17(24)16-7-4-5-8-18(16)27-19/h4-5,7-8,14-15H,2-3,6,9-13H2,1H3,(H,22,25). The van der Waals surface area contributed by atoms with Crippen LogP contribution in [0.25, 0.3) is 11.0 Å². The van der Waals surface area contributed by atoms with Gasteiger partial charge in [0.15, 0.2) is 11.2 Å². The summed E-state index contributed by atoms with van der Waals surface area (Å²) < 4.78 is 5.64. The lowest BCUT2D eigenvalue weighted by Crippen LogP contribution is -2.43. The van der Waals surface area contributed by atoms with E-state index in [-0.39, 0.29) is 28.9 Å². The number of nitrogens with one attached hydrogen (secondary N) is 1. The maximum Gasteiger partial charge on any atom is 0.289 e. The second kappa shape index (κ2) is 8.84. The van der Waals surface area contributed by atoms with Crippen molar-refractivity contribution in [3.05, 3.63) is 46.3 Å². The number of piperidine rings is 1. The molecule has 0 bridgehead atoms. The van der Waals surface area contributed by atoms with E-state index in [1.165, 1.54) is 6.07 Å². The summed E-state index contributed by atoms with van der Waals surface area (Å²) in [7, 11) is 0. The van der Waals surface area contributed by atoms with Crippen molar-refractivity contribution < 1.29 is 14.0 Å². The number of para-hydroxylation sites is 1. The van der Waals surface area contributed by atoms with Gasteiger partial charge in [0.05, 0.1) is 5.39 Å². The van der Waals surface area contributed by atoms with E-state index in [1.54, 1.807) is 29.2 Å². The molecule has 6 heteroatoms. The van der Waals surface area contributed by atoms with Crippen LogP contribution in [0, 0.1) is 5.92 Å². The van der Waals surface area contributed by atoms with Gasteiger partial charge in [0.2, 0.25) is 5.91 Å². The van der Waals surface area contributed by atoms with E-state index < -0.39 is 0 Å². The van der Waals surface area contributed by atoms with Crippen LogP contribution in [0.3, 0.4) is 0 Å². The molecule has 0 unspecified atom stereocenters. The van der Waals surface area contributed by atoms with Crippen LogP contribution >= 0.6 is 0 Å². The highest BCUT2D eigenvalue weighted by Gasteiger charge is 2.28. The molecule has 2 aromatic rings. The molecule has 1 aliphatic heterocycles. The van der Waals surface area contributed by atoms with Gasteiger partial charge in [-0.05, 0) is 31.4 Å². The van der Waals surface area contributed by atoms with Crippen LogP contribution in [0.15, 0.2) is 39.5 Å². The molecule has 1 fully saturated rings. The summed E-state index contributed by atoms with van der Waals surface area (Å²) in [4.78, 5) is 38.8. The molecule has 6 nitrogen and oxygen atoms in total. The molecule has 0 saturated carbocycles. The monoisotopic (exact) mass is 370 g/mol. The van der Waals surface area contributed by atoms with Gasteiger partial charge in [0.25, 0.3) is 5.91 Å². The van der Waals surface area contributed by atoms with Gasteiger partial charge in [0, 0.05) is 31.6 Å². The third-order valence-electron chi connectivity index (χ3n) is 5.08. The zero-order valence-corrected chi connectivity index (χ0v) is 15.7. The maximum absolute atomic E-state index is 12.7. The molecule has 1 aliphatic rings. The minimum absolute atomic E-state index is 0.0562. The number of hydrogen-bond acceptors (Lipinski definition) is 4. The minimum Gasteiger partial charge on any atom is -0.451 e. The molecule has 0 spiro atoms. The van der Waals surface area contributed by atoms with Gasteiger partial charge in [-0.1, -0.05) is 31.9 Å². The molecule has 2 heterocycles. The fourth-order valence-corrected chi connectivity index (χ4v) is 3.44. The maximum atomic E-state index is 12.7. The number of rotatable bonds is 6. The number of likely N-dealkylation sites (tertiary alicyclic amines) is 1. The molecule has 1 saturated heterocycles. The Balaban J connectivity index is 1.59. The number of carbonyl (C=O) groups excluding carboxylic acids is 2. The Morgan fingerprint density at radius 1 is 1.19 bits per heavy atom. The molecule has 1 aromatic carbocycles. The summed E-state index contributed by atoms with van der Waals surface area (Å²) in [5, 5.41) is 3.45. The average Bonchev–Trinajstić information content (AvgIpc) is 2.70. The van der Waals surface area contributed by atoms with E-state index in [4.69, 9.17) is 4.42 Å². The molecule has 0 atom stereocenters. The molecule has 1 N–H and O–H groups in total. The zero-order valence-electron chi connectivity index (χ0n) is 15.7. The second-order valence-corrected chi connectivity index (χ2v) is 7.04. The first kappa shape index (κ1) is 19.1. The van der Waals surface area contributed by atoms with Gasteiger partial charge in [0.1, 0.15) is 5.58 Å². The number of benzene rings is 1. The van der Waals surface area contributed by atoms with Gasteiger partial charge in [-0.3, -0.25) is 14.4 Å². The van der Waals surface area contributed by atoms with E-state index in [9.17, 15) is 14.4 Å². The summed E-state index contributed by atoms with van der Waals surface area (Å²) in [6.07, 6.45) is 4.50. The van der Waals surface area contributed by atoms with Crippen LogP contribution in [0.4, 0.5) is 0 Å². The minimum atomic E-state index is -0.292. The lowest BCUT2D eigenvalue weighted by Gasteiger charge is -2.31. The van der Waals surface area contributed by atoms with Crippen LogP contribution in [-0.4, -0.2) is 36.3 Å². The lowest BCUT2D eigenvalue weighted by molar-refractivity contribution is -0.126. The number of carbonyl (C=O) groups is 2. The highest BCUT2D eigenvalue weighted by molar-refractivity contribution is 5.93. The van der Waals surface area contributed by atoms with Crippen LogP contribution in [-0.2, 0) is 4.79 Å². The largest absolute Gasteiger partial charge is 0.451 e. The van der Waals surface area contributed by atoms with Crippen LogP contribution in [0.1, 0.15) is 49.6 Å². The molecule has 2 amide bonds. The van der Waals surface area contributed by atoms with Crippen molar-refractivity contribution in [2.75, 3.05) is 19.6 Å². The van der Waals surface area contributed by atoms with Crippen molar-refractivity contribution in [1.82, 2.24) is 10.2 Å². The first-order chi connectivity index (χ1) is 13.1. The zero-order chi connectivity index (χ0) is 19.2. The van der Waals surface area contributed by atoms with Crippen molar-refractivity contribution in [3.8, 4) is 0 Å². The number of hydrogen-bond donors (Lipinski definition) is 1. The summed E-state index contributed by atoms with van der Waals surface area (Å²) >= 11 is 0. The van der Waals surface area contributed by atoms with Crippen molar-refractivity contribution in [2.24, 2.45) is 5.92 Å². The van der Waals surface area contributed by atoms with Crippen molar-refractivity contribution in [3.63, 3.8) is 0 Å². The summed E-state index contributed by atoms with van der Waals surface area (Å²) in [6, 6.07) is 8.16. The van der Waals surface area contributed by atoms with Gasteiger partial charge >= 0.3 is 0 Å². The van der Waals surface area contributed by atoms with Crippen LogP contribution in [0.5, 0.6) is 0 Å². The number of fused-ring (bicyclic) bond motifs is 1. The van der Waals surface area contributed by atoms with E-state index in [0.717, 1.165) is 19.3 Å². The predicted molar refractivity (Wildman–Crippen MR) is 104 cm³/mol. The quantitative estimate of drug-likeness (QED) is 0.793. The summed E-state index contributed by atoms with van der Waals surface area (Å²) in [5.74, 6) is -0.212. The third kappa shape index (κ3) is 4.56. The molecular formula is C21H26N2O4. The molecular weight excluding hydrogens is 344 g/mol. The van der Waals surface area contributed by atoms with Crippen molar-refractivity contribution >= 4 is 22.8 Å². The fraction of sp³-hybridized carbons (Fsp3) is 0.476. The Kier molecular flexibility index (Phi) is 6.27. The van der Waals surface area contributed by atoms with Gasteiger partial charge in [-0.15, -0.1) is 0 Å². The Morgan fingerprint density at radius 3 is 2.67 bits per heavy atom. The predicted octanol–water partition coefficient (Wildman–Crippen LogP) is 2.95. The summed E-state index contributed by atoms with van der Waals surface area (Å²) in [6.45, 7) is 3.82. The van der Waals surface area contributed by atoms with Crippen LogP contribution in [0.2, 0.25) is 0 Å². The molecule has 0 aliphatic carbocycles. The van der Waals surface area contributed by atoms with Gasteiger partial charge in [-0.25, -0.2) is 0 Å². The van der Waals surface area contributed by atoms with Crippen molar-refractivity contribution in [1.29, 1.82) is 0 Å². The Hall–Kier alpha value is -2.63. The molecule has 1 aromatic heterocycles. The number of amides is 2. The van der Waals surface area contributed by atoms with E-state index in [0.29, 0.717) is 43.4 Å². The molecule has 0 radical (unpaired) electrons. The third-order valence-corrected chi connectivity index (χ3v) is 5.08. The lowest BCUT2D eigenvalue weighted by atomic mass is 9.95. The Morgan fingerprint density at radius 2 is 1.93 bits per heavy atom. The van der Waals surface area contributed by atoms with Crippen molar-refractivity contribution in [2.45, 2.75) is 39.0 Å². The topological polar surface area (TPSA) is 79.6 Å².